The van der Waals surface area contributed by atoms with Gasteiger partial charge >= 0.3 is 18.0 Å². The summed E-state index contributed by atoms with van der Waals surface area (Å²) in [6, 6.07) is -1.74. The van der Waals surface area contributed by atoms with Gasteiger partial charge in [-0.2, -0.15) is 0 Å². The molecule has 3 N–H and O–H groups in total. The van der Waals surface area contributed by atoms with Gasteiger partial charge in [-0.25, -0.2) is 15.0 Å². The fourth-order valence-corrected chi connectivity index (χ4v) is 6.07. The van der Waals surface area contributed by atoms with Crippen molar-refractivity contribution in [2.75, 3.05) is 26.5 Å². The summed E-state index contributed by atoms with van der Waals surface area (Å²) in [4.78, 5) is 34.8. The minimum absolute atomic E-state index is 0.173. The van der Waals surface area contributed by atoms with E-state index in [1.165, 1.54) is 28.1 Å². The van der Waals surface area contributed by atoms with Crippen molar-refractivity contribution in [3.8, 4) is 0 Å². The number of ether oxygens (including phenoxy) is 3. The monoisotopic (exact) mass is 427 g/mol. The topological polar surface area (TPSA) is 132 Å². The Balaban J connectivity index is 4.84. The van der Waals surface area contributed by atoms with Crippen LogP contribution in [-0.4, -0.2) is 62.2 Å². The maximum absolute atomic E-state index is 13.1. The van der Waals surface area contributed by atoms with Gasteiger partial charge in [-0.3, -0.25) is 14.2 Å². The first kappa shape index (κ1) is 25.7. The molecule has 0 aromatic heterocycles. The molecule has 0 saturated carbocycles. The molecular formula is C15H30N3O7PS. The molecule has 0 rings (SSSR count). The largest absolute Gasteiger partial charge is 0.468 e. The van der Waals surface area contributed by atoms with E-state index in [1.807, 2.05) is 0 Å². The fourth-order valence-electron chi connectivity index (χ4n) is 1.72. The van der Waals surface area contributed by atoms with E-state index in [2.05, 4.69) is 25.0 Å². The van der Waals surface area contributed by atoms with Gasteiger partial charge < -0.3 is 19.5 Å². The number of esters is 2. The van der Waals surface area contributed by atoms with Crippen molar-refractivity contribution in [1.82, 2.24) is 15.5 Å². The Labute approximate surface area is 164 Å². The number of methoxy groups -OCH3 is 2. The SMILES string of the molecule is COC(=O)[C@H](C)NP(=O)(N[C@H](C)C(=O)OC)SCCNC(=O)OC(C)(C)C. The average molecular weight is 427 g/mol. The van der Waals surface area contributed by atoms with Crippen molar-refractivity contribution < 1.29 is 33.2 Å². The fraction of sp³-hybridized carbons (Fsp3) is 0.800. The molecule has 10 nitrogen and oxygen atoms in total. The summed E-state index contributed by atoms with van der Waals surface area (Å²) in [5.41, 5.74) is -0.623. The minimum Gasteiger partial charge on any atom is -0.468 e. The predicted octanol–water partition coefficient (Wildman–Crippen LogP) is 1.65. The van der Waals surface area contributed by atoms with E-state index in [9.17, 15) is 18.9 Å². The highest BCUT2D eigenvalue weighted by molar-refractivity contribution is 8.56. The standard InChI is InChI=1S/C15H30N3O7PS/c1-10(12(19)23-6)17-26(22,18-11(2)13(20)24-7)27-9-8-16-14(21)25-15(3,4)5/h10-11H,8-9H2,1-7H3,(H,16,21)(H2,17,18,22)/t10-,11+,26?. The zero-order valence-electron chi connectivity index (χ0n) is 16.8. The molecule has 12 heteroatoms. The number of hydrogen-bond acceptors (Lipinski definition) is 8. The van der Waals surface area contributed by atoms with E-state index in [1.54, 1.807) is 20.8 Å². The summed E-state index contributed by atoms with van der Waals surface area (Å²) in [5.74, 6) is -0.969. The molecule has 1 unspecified atom stereocenters. The number of nitrogens with one attached hydrogen (secondary N) is 3. The van der Waals surface area contributed by atoms with Gasteiger partial charge in [0, 0.05) is 12.3 Å². The lowest BCUT2D eigenvalue weighted by atomic mass is 10.2. The third kappa shape index (κ3) is 11.2. The van der Waals surface area contributed by atoms with Crippen LogP contribution < -0.4 is 15.5 Å². The molecule has 0 bridgehead atoms. The summed E-state index contributed by atoms with van der Waals surface area (Å²) < 4.78 is 27.5. The van der Waals surface area contributed by atoms with Gasteiger partial charge in [0.1, 0.15) is 17.7 Å². The molecular weight excluding hydrogens is 397 g/mol. The molecule has 1 amide bonds. The lowest BCUT2D eigenvalue weighted by molar-refractivity contribution is -0.142. The Bertz CT molecular complexity index is 540. The Hall–Kier alpha value is -1.29. The Morgan fingerprint density at radius 1 is 1.00 bits per heavy atom. The van der Waals surface area contributed by atoms with E-state index in [4.69, 9.17) is 4.74 Å². The summed E-state index contributed by atoms with van der Waals surface area (Å²) in [7, 11) is 2.43. The second-order valence-corrected chi connectivity index (χ2v) is 11.2. The van der Waals surface area contributed by atoms with Crippen molar-refractivity contribution in [3.05, 3.63) is 0 Å². The first-order valence-electron chi connectivity index (χ1n) is 8.26. The van der Waals surface area contributed by atoms with Gasteiger partial charge in [-0.05, 0) is 34.6 Å². The molecule has 0 aromatic carbocycles. The van der Waals surface area contributed by atoms with Crippen LogP contribution in [0.1, 0.15) is 34.6 Å². The Morgan fingerprint density at radius 2 is 1.44 bits per heavy atom. The van der Waals surface area contributed by atoms with Crippen LogP contribution in [-0.2, 0) is 28.4 Å². The normalized spacial score (nSPS) is 15.8. The van der Waals surface area contributed by atoms with Crippen LogP contribution in [0, 0.1) is 0 Å². The molecule has 0 saturated heterocycles. The first-order valence-corrected chi connectivity index (χ1v) is 11.6. The van der Waals surface area contributed by atoms with Gasteiger partial charge in [-0.1, -0.05) is 11.4 Å². The van der Waals surface area contributed by atoms with E-state index in [0.29, 0.717) is 0 Å². The second kappa shape index (κ2) is 11.5. The zero-order chi connectivity index (χ0) is 21.3. The molecule has 0 aliphatic rings. The van der Waals surface area contributed by atoms with Crippen LogP contribution >= 0.6 is 18.0 Å². The molecule has 0 spiro atoms. The van der Waals surface area contributed by atoms with Crippen LogP contribution in [0.25, 0.3) is 0 Å². The van der Waals surface area contributed by atoms with Crippen LogP contribution in [0.15, 0.2) is 0 Å². The summed E-state index contributed by atoms with van der Waals surface area (Å²) in [5, 5.41) is 7.87. The lowest BCUT2D eigenvalue weighted by Gasteiger charge is -2.25. The number of carbonyl (C=O) groups excluding carboxylic acids is 3. The summed E-state index contributed by atoms with van der Waals surface area (Å²) >= 11 is 0.944. The van der Waals surface area contributed by atoms with Crippen molar-refractivity contribution in [1.29, 1.82) is 0 Å². The van der Waals surface area contributed by atoms with Crippen LogP contribution in [0.2, 0.25) is 0 Å². The van der Waals surface area contributed by atoms with Gasteiger partial charge in [0.25, 0.3) is 6.65 Å². The van der Waals surface area contributed by atoms with E-state index < -0.39 is 42.4 Å². The van der Waals surface area contributed by atoms with Crippen molar-refractivity contribution in [2.24, 2.45) is 0 Å². The zero-order valence-corrected chi connectivity index (χ0v) is 18.5. The molecule has 27 heavy (non-hydrogen) atoms. The maximum Gasteiger partial charge on any atom is 0.407 e. The van der Waals surface area contributed by atoms with Gasteiger partial charge in [-0.15, -0.1) is 0 Å². The minimum atomic E-state index is -3.44. The van der Waals surface area contributed by atoms with Gasteiger partial charge in [0.15, 0.2) is 0 Å². The van der Waals surface area contributed by atoms with Crippen molar-refractivity contribution in [3.63, 3.8) is 0 Å². The molecule has 0 aliphatic carbocycles. The highest BCUT2D eigenvalue weighted by Gasteiger charge is 2.32. The van der Waals surface area contributed by atoms with Crippen molar-refractivity contribution >= 4 is 36.1 Å². The van der Waals surface area contributed by atoms with E-state index >= 15 is 0 Å². The number of rotatable bonds is 10. The number of alkyl carbamates (subject to hydrolysis) is 1. The summed E-state index contributed by atoms with van der Waals surface area (Å²) in [6.45, 7) is 4.93. The average Bonchev–Trinajstić information content (AvgIpc) is 2.55. The predicted molar refractivity (Wildman–Crippen MR) is 104 cm³/mol. The van der Waals surface area contributed by atoms with Crippen LogP contribution in [0.3, 0.4) is 0 Å². The molecule has 0 radical (unpaired) electrons. The molecule has 158 valence electrons. The van der Waals surface area contributed by atoms with Crippen molar-refractivity contribution in [2.45, 2.75) is 52.3 Å². The molecule has 0 aliphatic heterocycles. The maximum atomic E-state index is 13.1. The Kier molecular flexibility index (Phi) is 11.0. The summed E-state index contributed by atoms with van der Waals surface area (Å²) in [6.07, 6.45) is -0.593. The van der Waals surface area contributed by atoms with E-state index in [0.717, 1.165) is 11.4 Å². The molecule has 3 atom stereocenters. The second-order valence-electron chi connectivity index (χ2n) is 6.56. The third-order valence-corrected chi connectivity index (χ3v) is 7.36. The first-order chi connectivity index (χ1) is 12.3. The van der Waals surface area contributed by atoms with Gasteiger partial charge in [0.2, 0.25) is 0 Å². The number of hydrogen-bond donors (Lipinski definition) is 3. The number of amides is 1. The quantitative estimate of drug-likeness (QED) is 0.205. The van der Waals surface area contributed by atoms with Crippen LogP contribution in [0.5, 0.6) is 0 Å². The highest BCUT2D eigenvalue weighted by atomic mass is 32.7. The van der Waals surface area contributed by atoms with Gasteiger partial charge in [0.05, 0.1) is 14.2 Å². The third-order valence-electron chi connectivity index (χ3n) is 2.88. The van der Waals surface area contributed by atoms with E-state index in [-0.39, 0.29) is 12.3 Å². The molecule has 0 aromatic rings. The highest BCUT2D eigenvalue weighted by Crippen LogP contribution is 2.51. The lowest BCUT2D eigenvalue weighted by Crippen LogP contribution is -2.40. The number of carbonyl (C=O) groups is 3. The van der Waals surface area contributed by atoms with Crippen LogP contribution in [0.4, 0.5) is 4.79 Å². The molecule has 0 fully saturated rings. The smallest absolute Gasteiger partial charge is 0.407 e. The molecule has 0 heterocycles. The Morgan fingerprint density at radius 3 is 1.81 bits per heavy atom.